The second-order valence-electron chi connectivity index (χ2n) is 11.8. The highest BCUT2D eigenvalue weighted by molar-refractivity contribution is 5.94. The summed E-state index contributed by atoms with van der Waals surface area (Å²) in [4.78, 5) is 54.3. The van der Waals surface area contributed by atoms with Crippen LogP contribution in [0.1, 0.15) is 105 Å². The molecule has 4 atom stereocenters. The average Bonchev–Trinajstić information content (AvgIpc) is 2.83. The fraction of sp³-hybridized carbons (Fsp3) is 0.613. The normalized spacial score (nSPS) is 14.3. The number of benzene rings is 1. The third-order valence-electron chi connectivity index (χ3n) is 6.32. The van der Waals surface area contributed by atoms with E-state index in [1.165, 1.54) is 4.90 Å². The SMILES string of the molecule is C#Cc1ccc(C(C(=O)NC(C)CCC)N(C(=O)C(CC(N)=O)NC(=O)OC(C)(C)C)C(C)CCC(C)C)cc1. The number of rotatable bonds is 14. The van der Waals surface area contributed by atoms with Gasteiger partial charge in [-0.15, -0.1) is 6.42 Å². The van der Waals surface area contributed by atoms with E-state index in [2.05, 4.69) is 30.4 Å². The molecule has 0 saturated heterocycles. The molecule has 9 nitrogen and oxygen atoms in total. The van der Waals surface area contributed by atoms with Gasteiger partial charge in [0.05, 0.1) is 6.42 Å². The maximum atomic E-state index is 14.3. The van der Waals surface area contributed by atoms with E-state index >= 15 is 0 Å². The van der Waals surface area contributed by atoms with E-state index in [0.29, 0.717) is 23.5 Å². The number of terminal acetylenes is 1. The highest BCUT2D eigenvalue weighted by Crippen LogP contribution is 2.28. The van der Waals surface area contributed by atoms with Crippen LogP contribution in [-0.2, 0) is 19.1 Å². The first kappa shape index (κ1) is 34.5. The van der Waals surface area contributed by atoms with Crippen molar-refractivity contribution in [3.63, 3.8) is 0 Å². The Hall–Kier alpha value is -3.54. The molecule has 0 saturated carbocycles. The molecule has 1 aromatic carbocycles. The van der Waals surface area contributed by atoms with Crippen molar-refractivity contribution in [3.05, 3.63) is 35.4 Å². The van der Waals surface area contributed by atoms with Gasteiger partial charge >= 0.3 is 6.09 Å². The van der Waals surface area contributed by atoms with Crippen LogP contribution in [0.15, 0.2) is 24.3 Å². The van der Waals surface area contributed by atoms with Gasteiger partial charge in [0.1, 0.15) is 17.7 Å². The number of nitrogens with zero attached hydrogens (tertiary/aromatic N) is 1. The van der Waals surface area contributed by atoms with Crippen molar-refractivity contribution in [1.82, 2.24) is 15.5 Å². The first-order valence-electron chi connectivity index (χ1n) is 14.1. The van der Waals surface area contributed by atoms with E-state index in [9.17, 15) is 19.2 Å². The highest BCUT2D eigenvalue weighted by atomic mass is 16.6. The van der Waals surface area contributed by atoms with Crippen molar-refractivity contribution in [2.75, 3.05) is 0 Å². The Balaban J connectivity index is 3.68. The maximum absolute atomic E-state index is 14.3. The van der Waals surface area contributed by atoms with Gasteiger partial charge in [0.25, 0.3) is 0 Å². The predicted octanol–water partition coefficient (Wildman–Crippen LogP) is 4.44. The van der Waals surface area contributed by atoms with Crippen LogP contribution in [0.3, 0.4) is 0 Å². The summed E-state index contributed by atoms with van der Waals surface area (Å²) in [6.45, 7) is 15.0. The van der Waals surface area contributed by atoms with E-state index in [1.807, 2.05) is 20.8 Å². The molecule has 222 valence electrons. The second kappa shape index (κ2) is 15.9. The zero-order valence-corrected chi connectivity index (χ0v) is 25.4. The molecular weight excluding hydrogens is 508 g/mol. The number of carbonyl (C=O) groups excluding carboxylic acids is 4. The topological polar surface area (TPSA) is 131 Å². The van der Waals surface area contributed by atoms with E-state index in [-0.39, 0.29) is 11.9 Å². The Morgan fingerprint density at radius 2 is 1.60 bits per heavy atom. The summed E-state index contributed by atoms with van der Waals surface area (Å²) in [5, 5.41) is 5.56. The number of nitrogens with one attached hydrogen (secondary N) is 2. The minimum absolute atomic E-state index is 0.130. The zero-order valence-electron chi connectivity index (χ0n) is 25.4. The van der Waals surface area contributed by atoms with Crippen molar-refractivity contribution in [2.24, 2.45) is 11.7 Å². The third kappa shape index (κ3) is 11.7. The van der Waals surface area contributed by atoms with Crippen LogP contribution in [0.5, 0.6) is 0 Å². The molecule has 0 heterocycles. The number of primary amides is 1. The molecule has 9 heteroatoms. The van der Waals surface area contributed by atoms with Crippen molar-refractivity contribution >= 4 is 23.8 Å². The molecule has 0 fully saturated rings. The molecule has 1 rings (SSSR count). The number of hydrogen-bond donors (Lipinski definition) is 3. The summed E-state index contributed by atoms with van der Waals surface area (Å²) < 4.78 is 5.35. The maximum Gasteiger partial charge on any atom is 0.408 e. The monoisotopic (exact) mass is 556 g/mol. The fourth-order valence-corrected chi connectivity index (χ4v) is 4.37. The third-order valence-corrected chi connectivity index (χ3v) is 6.32. The number of carbonyl (C=O) groups is 4. The zero-order chi connectivity index (χ0) is 30.6. The lowest BCUT2D eigenvalue weighted by Crippen LogP contribution is -2.56. The molecule has 0 bridgehead atoms. The van der Waals surface area contributed by atoms with Gasteiger partial charge < -0.3 is 26.0 Å². The van der Waals surface area contributed by atoms with Crippen molar-refractivity contribution in [2.45, 2.75) is 117 Å². The van der Waals surface area contributed by atoms with E-state index in [0.717, 1.165) is 19.3 Å². The van der Waals surface area contributed by atoms with Gasteiger partial charge in [0.2, 0.25) is 17.7 Å². The summed E-state index contributed by atoms with van der Waals surface area (Å²) in [5.74, 6) is 1.17. The van der Waals surface area contributed by atoms with Crippen LogP contribution in [-0.4, -0.2) is 52.4 Å². The fourth-order valence-electron chi connectivity index (χ4n) is 4.37. The molecule has 1 aromatic rings. The number of hydrogen-bond acceptors (Lipinski definition) is 5. The average molecular weight is 557 g/mol. The molecule has 4 amide bonds. The molecule has 0 radical (unpaired) electrons. The molecule has 0 aromatic heterocycles. The van der Waals surface area contributed by atoms with Crippen molar-refractivity contribution < 1.29 is 23.9 Å². The van der Waals surface area contributed by atoms with Gasteiger partial charge in [-0.1, -0.05) is 45.2 Å². The van der Waals surface area contributed by atoms with Crippen LogP contribution >= 0.6 is 0 Å². The highest BCUT2D eigenvalue weighted by Gasteiger charge is 2.39. The summed E-state index contributed by atoms with van der Waals surface area (Å²) >= 11 is 0. The number of amides is 4. The number of alkyl carbamates (subject to hydrolysis) is 1. The Labute approximate surface area is 240 Å². The van der Waals surface area contributed by atoms with Gasteiger partial charge in [-0.2, -0.15) is 0 Å². The summed E-state index contributed by atoms with van der Waals surface area (Å²) in [5.41, 5.74) is 5.85. The van der Waals surface area contributed by atoms with E-state index in [4.69, 9.17) is 16.9 Å². The van der Waals surface area contributed by atoms with Crippen molar-refractivity contribution in [1.29, 1.82) is 0 Å². The quantitative estimate of drug-likeness (QED) is 0.292. The molecule has 0 aliphatic rings. The molecule has 40 heavy (non-hydrogen) atoms. The lowest BCUT2D eigenvalue weighted by atomic mass is 9.96. The lowest BCUT2D eigenvalue weighted by molar-refractivity contribution is -0.146. The standard InChI is InChI=1S/C31H48N4O5/c1-10-12-21(5)33-28(37)27(24-17-15-23(11-2)16-18-24)35(22(6)14-13-20(3)4)29(38)25(19-26(32)36)34-30(39)40-31(7,8)9/h2,15-18,20-22,25,27H,10,12-14,19H2,1,3-9H3,(H2,32,36)(H,33,37)(H,34,39). The molecule has 0 spiro atoms. The van der Waals surface area contributed by atoms with Crippen LogP contribution < -0.4 is 16.4 Å². The Kier molecular flexibility index (Phi) is 13.7. The molecule has 0 aliphatic carbocycles. The summed E-state index contributed by atoms with van der Waals surface area (Å²) in [7, 11) is 0. The Morgan fingerprint density at radius 3 is 2.08 bits per heavy atom. The predicted molar refractivity (Wildman–Crippen MR) is 157 cm³/mol. The summed E-state index contributed by atoms with van der Waals surface area (Å²) in [6, 6.07) is 3.95. The number of ether oxygens (including phenoxy) is 1. The molecule has 0 aliphatic heterocycles. The van der Waals surface area contributed by atoms with Gasteiger partial charge in [0.15, 0.2) is 0 Å². The Morgan fingerprint density at radius 1 is 1.00 bits per heavy atom. The second-order valence-corrected chi connectivity index (χ2v) is 11.8. The van der Waals surface area contributed by atoms with Gasteiger partial charge in [-0.25, -0.2) is 4.79 Å². The smallest absolute Gasteiger partial charge is 0.408 e. The number of nitrogens with two attached hydrogens (primary N) is 1. The Bertz CT molecular complexity index is 1040. The van der Waals surface area contributed by atoms with Gasteiger partial charge in [0, 0.05) is 17.6 Å². The summed E-state index contributed by atoms with van der Waals surface area (Å²) in [6.07, 6.45) is 7.24. The van der Waals surface area contributed by atoms with E-state index in [1.54, 1.807) is 45.0 Å². The first-order valence-corrected chi connectivity index (χ1v) is 14.1. The van der Waals surface area contributed by atoms with Crippen molar-refractivity contribution in [3.8, 4) is 12.3 Å². The molecule has 4 N–H and O–H groups in total. The minimum atomic E-state index is -1.33. The van der Waals surface area contributed by atoms with Crippen LogP contribution in [0.4, 0.5) is 4.79 Å². The van der Waals surface area contributed by atoms with Crippen LogP contribution in [0.25, 0.3) is 0 Å². The minimum Gasteiger partial charge on any atom is -0.444 e. The lowest BCUT2D eigenvalue weighted by Gasteiger charge is -2.39. The van der Waals surface area contributed by atoms with Crippen LogP contribution in [0.2, 0.25) is 0 Å². The largest absolute Gasteiger partial charge is 0.444 e. The first-order chi connectivity index (χ1) is 18.6. The molecular formula is C31H48N4O5. The van der Waals surface area contributed by atoms with E-state index < -0.39 is 48.1 Å². The van der Waals surface area contributed by atoms with Gasteiger partial charge in [-0.3, -0.25) is 14.4 Å². The van der Waals surface area contributed by atoms with Crippen LogP contribution in [0, 0.1) is 18.3 Å². The molecule has 4 unspecified atom stereocenters. The van der Waals surface area contributed by atoms with Gasteiger partial charge in [-0.05, 0) is 77.5 Å².